The molecule has 5 nitrogen and oxygen atoms in total. The van der Waals surface area contributed by atoms with E-state index in [1.54, 1.807) is 6.21 Å². The summed E-state index contributed by atoms with van der Waals surface area (Å²) in [5.41, 5.74) is 3.93. The standard InChI is InChI=1S/C17H25N3O2/c1-20(2)15-7-5-14(6-8-15)13-18-19-16(21)9-12-17(22)10-3-4-11-17/h5-8,13,22H,3-4,9-12H2,1-2H3,(H,19,21). The molecular formula is C17H25N3O2. The highest BCUT2D eigenvalue weighted by molar-refractivity contribution is 5.82. The molecule has 1 amide bonds. The Kier molecular flexibility index (Phi) is 5.55. The number of anilines is 1. The Balaban J connectivity index is 1.75. The maximum absolute atomic E-state index is 11.7. The van der Waals surface area contributed by atoms with Crippen molar-refractivity contribution >= 4 is 17.8 Å². The van der Waals surface area contributed by atoms with Crippen molar-refractivity contribution in [1.29, 1.82) is 0 Å². The summed E-state index contributed by atoms with van der Waals surface area (Å²) in [5.74, 6) is -0.151. The molecular weight excluding hydrogens is 278 g/mol. The topological polar surface area (TPSA) is 64.9 Å². The van der Waals surface area contributed by atoms with Crippen LogP contribution in [0.2, 0.25) is 0 Å². The minimum atomic E-state index is -0.636. The van der Waals surface area contributed by atoms with Gasteiger partial charge in [0.05, 0.1) is 11.8 Å². The van der Waals surface area contributed by atoms with Crippen molar-refractivity contribution in [2.45, 2.75) is 44.1 Å². The summed E-state index contributed by atoms with van der Waals surface area (Å²) in [7, 11) is 3.98. The van der Waals surface area contributed by atoms with E-state index in [0.29, 0.717) is 12.8 Å². The van der Waals surface area contributed by atoms with Gasteiger partial charge in [0.25, 0.3) is 0 Å². The highest BCUT2D eigenvalue weighted by Gasteiger charge is 2.31. The van der Waals surface area contributed by atoms with Gasteiger partial charge in [0.15, 0.2) is 0 Å². The Morgan fingerprint density at radius 1 is 1.32 bits per heavy atom. The van der Waals surface area contributed by atoms with Crippen LogP contribution in [-0.4, -0.2) is 36.9 Å². The van der Waals surface area contributed by atoms with E-state index in [4.69, 9.17) is 0 Å². The second-order valence-corrected chi connectivity index (χ2v) is 6.21. The van der Waals surface area contributed by atoms with E-state index in [0.717, 1.165) is 36.9 Å². The number of carbonyl (C=O) groups excluding carboxylic acids is 1. The summed E-state index contributed by atoms with van der Waals surface area (Å²) >= 11 is 0. The first-order valence-electron chi connectivity index (χ1n) is 7.80. The predicted molar refractivity (Wildman–Crippen MR) is 89.2 cm³/mol. The molecule has 1 fully saturated rings. The monoisotopic (exact) mass is 303 g/mol. The van der Waals surface area contributed by atoms with Crippen molar-refractivity contribution in [2.24, 2.45) is 5.10 Å². The summed E-state index contributed by atoms with van der Waals surface area (Å²) < 4.78 is 0. The number of nitrogens with one attached hydrogen (secondary N) is 1. The highest BCUT2D eigenvalue weighted by atomic mass is 16.3. The molecule has 2 rings (SSSR count). The molecule has 1 aliphatic rings. The summed E-state index contributed by atoms with van der Waals surface area (Å²) in [6.45, 7) is 0. The summed E-state index contributed by atoms with van der Waals surface area (Å²) in [6, 6.07) is 7.90. The second kappa shape index (κ2) is 7.40. The van der Waals surface area contributed by atoms with Gasteiger partial charge in [-0.15, -0.1) is 0 Å². The van der Waals surface area contributed by atoms with Gasteiger partial charge in [0, 0.05) is 26.2 Å². The van der Waals surface area contributed by atoms with Crippen molar-refractivity contribution in [3.05, 3.63) is 29.8 Å². The van der Waals surface area contributed by atoms with Crippen LogP contribution >= 0.6 is 0 Å². The van der Waals surface area contributed by atoms with Crippen LogP contribution in [-0.2, 0) is 4.79 Å². The number of hydrogen-bond donors (Lipinski definition) is 2. The lowest BCUT2D eigenvalue weighted by Gasteiger charge is -2.20. The predicted octanol–water partition coefficient (Wildman–Crippen LogP) is 2.29. The average molecular weight is 303 g/mol. The number of rotatable bonds is 6. The molecule has 0 spiro atoms. The van der Waals surface area contributed by atoms with E-state index in [2.05, 4.69) is 10.5 Å². The molecule has 0 heterocycles. The van der Waals surface area contributed by atoms with Gasteiger partial charge < -0.3 is 10.0 Å². The van der Waals surface area contributed by atoms with Crippen LogP contribution in [0.3, 0.4) is 0 Å². The maximum Gasteiger partial charge on any atom is 0.240 e. The van der Waals surface area contributed by atoms with Crippen molar-refractivity contribution < 1.29 is 9.90 Å². The number of hydrazone groups is 1. The molecule has 0 radical (unpaired) electrons. The molecule has 1 saturated carbocycles. The van der Waals surface area contributed by atoms with E-state index < -0.39 is 5.60 Å². The number of hydrogen-bond acceptors (Lipinski definition) is 4. The number of carbonyl (C=O) groups is 1. The molecule has 5 heteroatoms. The van der Waals surface area contributed by atoms with Crippen molar-refractivity contribution in [3.8, 4) is 0 Å². The summed E-state index contributed by atoms with van der Waals surface area (Å²) in [5, 5.41) is 14.2. The van der Waals surface area contributed by atoms with Crippen molar-refractivity contribution in [2.75, 3.05) is 19.0 Å². The molecule has 1 aromatic rings. The average Bonchev–Trinajstić information content (AvgIpc) is 2.93. The van der Waals surface area contributed by atoms with Crippen molar-refractivity contribution in [3.63, 3.8) is 0 Å². The molecule has 0 bridgehead atoms. The Morgan fingerprint density at radius 2 is 1.95 bits per heavy atom. The Hall–Kier alpha value is -1.88. The molecule has 0 aliphatic heterocycles. The second-order valence-electron chi connectivity index (χ2n) is 6.21. The maximum atomic E-state index is 11.7. The molecule has 1 aromatic carbocycles. The van der Waals surface area contributed by atoms with E-state index in [-0.39, 0.29) is 5.91 Å². The minimum absolute atomic E-state index is 0.151. The third-order valence-corrected chi connectivity index (χ3v) is 4.16. The molecule has 0 aromatic heterocycles. The van der Waals surface area contributed by atoms with Gasteiger partial charge in [0.2, 0.25) is 5.91 Å². The number of aliphatic hydroxyl groups is 1. The molecule has 0 unspecified atom stereocenters. The van der Waals surface area contributed by atoms with Gasteiger partial charge >= 0.3 is 0 Å². The first-order valence-corrected chi connectivity index (χ1v) is 7.80. The SMILES string of the molecule is CN(C)c1ccc(C=NNC(=O)CCC2(O)CCCC2)cc1. The molecule has 2 N–H and O–H groups in total. The fraction of sp³-hybridized carbons (Fsp3) is 0.529. The first-order chi connectivity index (χ1) is 10.5. The van der Waals surface area contributed by atoms with Crippen LogP contribution in [0.25, 0.3) is 0 Å². The molecule has 1 aliphatic carbocycles. The van der Waals surface area contributed by atoms with Crippen LogP contribution in [0.1, 0.15) is 44.1 Å². The van der Waals surface area contributed by atoms with Crippen LogP contribution in [0, 0.1) is 0 Å². The molecule has 120 valence electrons. The van der Waals surface area contributed by atoms with Gasteiger partial charge in [-0.1, -0.05) is 25.0 Å². The van der Waals surface area contributed by atoms with Gasteiger partial charge in [-0.25, -0.2) is 5.43 Å². The lowest BCUT2D eigenvalue weighted by molar-refractivity contribution is -0.122. The quantitative estimate of drug-likeness (QED) is 0.626. The summed E-state index contributed by atoms with van der Waals surface area (Å²) in [4.78, 5) is 13.8. The lowest BCUT2D eigenvalue weighted by Crippen LogP contribution is -2.27. The molecule has 0 atom stereocenters. The third-order valence-electron chi connectivity index (χ3n) is 4.16. The van der Waals surface area contributed by atoms with E-state index >= 15 is 0 Å². The Bertz CT molecular complexity index is 517. The van der Waals surface area contributed by atoms with Gasteiger partial charge in [0.1, 0.15) is 0 Å². The largest absolute Gasteiger partial charge is 0.390 e. The van der Waals surface area contributed by atoms with Crippen LogP contribution in [0.5, 0.6) is 0 Å². The lowest BCUT2D eigenvalue weighted by atomic mass is 9.96. The number of nitrogens with zero attached hydrogens (tertiary/aromatic N) is 2. The van der Waals surface area contributed by atoms with E-state index in [1.807, 2.05) is 43.3 Å². The first kappa shape index (κ1) is 16.5. The van der Waals surface area contributed by atoms with Crippen LogP contribution < -0.4 is 10.3 Å². The zero-order valence-electron chi connectivity index (χ0n) is 13.4. The molecule has 0 saturated heterocycles. The zero-order valence-corrected chi connectivity index (χ0v) is 13.4. The van der Waals surface area contributed by atoms with Gasteiger partial charge in [-0.3, -0.25) is 4.79 Å². The van der Waals surface area contributed by atoms with Crippen LogP contribution in [0.15, 0.2) is 29.4 Å². The fourth-order valence-corrected chi connectivity index (χ4v) is 2.72. The molecule has 22 heavy (non-hydrogen) atoms. The van der Waals surface area contributed by atoms with Crippen LogP contribution in [0.4, 0.5) is 5.69 Å². The van der Waals surface area contributed by atoms with Crippen molar-refractivity contribution in [1.82, 2.24) is 5.43 Å². The number of amides is 1. The fourth-order valence-electron chi connectivity index (χ4n) is 2.72. The van der Waals surface area contributed by atoms with E-state index in [9.17, 15) is 9.90 Å². The van der Waals surface area contributed by atoms with E-state index in [1.165, 1.54) is 0 Å². The highest BCUT2D eigenvalue weighted by Crippen LogP contribution is 2.33. The Labute approximate surface area is 132 Å². The Morgan fingerprint density at radius 3 is 2.55 bits per heavy atom. The number of benzene rings is 1. The summed E-state index contributed by atoms with van der Waals surface area (Å²) in [6.07, 6.45) is 6.18. The smallest absolute Gasteiger partial charge is 0.240 e. The minimum Gasteiger partial charge on any atom is -0.390 e. The van der Waals surface area contributed by atoms with Gasteiger partial charge in [-0.2, -0.15) is 5.10 Å². The van der Waals surface area contributed by atoms with Gasteiger partial charge in [-0.05, 0) is 37.0 Å². The third kappa shape index (κ3) is 4.84. The zero-order chi connectivity index (χ0) is 16.0. The normalized spacial score (nSPS) is 16.9.